The highest BCUT2D eigenvalue weighted by Gasteiger charge is 2.22. The van der Waals surface area contributed by atoms with Gasteiger partial charge in [-0.15, -0.1) is 0 Å². The van der Waals surface area contributed by atoms with Gasteiger partial charge >= 0.3 is 0 Å². The third-order valence-electron chi connectivity index (χ3n) is 4.20. The van der Waals surface area contributed by atoms with Crippen LogP contribution >= 0.6 is 0 Å². The summed E-state index contributed by atoms with van der Waals surface area (Å²) in [6, 6.07) is 6.40. The molecule has 1 fully saturated rings. The Kier molecular flexibility index (Phi) is 3.63. The normalized spacial score (nSPS) is 18.4. The number of imidazole rings is 1. The molecule has 1 aromatic carbocycles. The minimum atomic E-state index is 0.334. The number of rotatable bonds is 3. The summed E-state index contributed by atoms with van der Waals surface area (Å²) in [4.78, 5) is 7.30. The molecule has 1 unspecified atom stereocenters. The molecule has 2 aromatic rings. The van der Waals surface area contributed by atoms with Crippen LogP contribution in [0.1, 0.15) is 18.8 Å². The van der Waals surface area contributed by atoms with Gasteiger partial charge in [0.25, 0.3) is 0 Å². The van der Waals surface area contributed by atoms with Crippen molar-refractivity contribution in [2.75, 3.05) is 33.3 Å². The van der Waals surface area contributed by atoms with Crippen LogP contribution in [-0.4, -0.2) is 47.7 Å². The Hall–Kier alpha value is -1.59. The Morgan fingerprint density at radius 2 is 2.05 bits per heavy atom. The topological polar surface area (TPSA) is 42.3 Å². The van der Waals surface area contributed by atoms with E-state index in [1.807, 2.05) is 12.1 Å². The van der Waals surface area contributed by atoms with Gasteiger partial charge in [0.05, 0.1) is 24.2 Å². The second-order valence-electron chi connectivity index (χ2n) is 5.35. The van der Waals surface area contributed by atoms with Gasteiger partial charge < -0.3 is 14.6 Å². The molecule has 1 aliphatic heterocycles. The molecule has 0 aliphatic carbocycles. The first-order chi connectivity index (χ1) is 9.70. The van der Waals surface area contributed by atoms with Crippen molar-refractivity contribution in [3.63, 3.8) is 0 Å². The molecule has 1 saturated heterocycles. The Morgan fingerprint density at radius 1 is 1.30 bits per heavy atom. The van der Waals surface area contributed by atoms with E-state index >= 15 is 0 Å². The molecular formula is C15H22N4O. The third-order valence-corrected chi connectivity index (χ3v) is 4.20. The van der Waals surface area contributed by atoms with Gasteiger partial charge in [-0.2, -0.15) is 0 Å². The zero-order chi connectivity index (χ0) is 14.1. The van der Waals surface area contributed by atoms with Crippen LogP contribution in [0, 0.1) is 0 Å². The first kappa shape index (κ1) is 13.4. The fourth-order valence-electron chi connectivity index (χ4n) is 2.93. The first-order valence-corrected chi connectivity index (χ1v) is 7.16. The second kappa shape index (κ2) is 5.42. The molecule has 5 nitrogen and oxygen atoms in total. The highest BCUT2D eigenvalue weighted by molar-refractivity contribution is 5.77. The van der Waals surface area contributed by atoms with E-state index in [1.54, 1.807) is 7.11 Å². The predicted molar refractivity (Wildman–Crippen MR) is 80.1 cm³/mol. The molecule has 0 bridgehead atoms. The lowest BCUT2D eigenvalue weighted by molar-refractivity contribution is 0.177. The molecular weight excluding hydrogens is 252 g/mol. The van der Waals surface area contributed by atoms with Crippen molar-refractivity contribution in [3.05, 3.63) is 24.0 Å². The summed E-state index contributed by atoms with van der Waals surface area (Å²) < 4.78 is 7.48. The van der Waals surface area contributed by atoms with E-state index in [9.17, 15) is 0 Å². The van der Waals surface area contributed by atoms with Crippen LogP contribution in [0.25, 0.3) is 11.0 Å². The van der Waals surface area contributed by atoms with Crippen LogP contribution in [-0.2, 0) is 7.05 Å². The summed E-state index contributed by atoms with van der Waals surface area (Å²) in [6.45, 7) is 6.51. The number of aryl methyl sites for hydroxylation is 1. The SMILES string of the molecule is COc1ccc2c(c1)nc(C(C)N1CCNCC1)n2C. The summed E-state index contributed by atoms with van der Waals surface area (Å²) in [5.41, 5.74) is 2.16. The van der Waals surface area contributed by atoms with Crippen molar-refractivity contribution in [1.82, 2.24) is 19.8 Å². The molecule has 0 saturated carbocycles. The highest BCUT2D eigenvalue weighted by Crippen LogP contribution is 2.26. The molecule has 0 spiro atoms. The lowest BCUT2D eigenvalue weighted by atomic mass is 10.2. The smallest absolute Gasteiger partial charge is 0.126 e. The lowest BCUT2D eigenvalue weighted by Crippen LogP contribution is -2.44. The Balaban J connectivity index is 1.96. The average Bonchev–Trinajstić information content (AvgIpc) is 2.84. The summed E-state index contributed by atoms with van der Waals surface area (Å²) in [5, 5.41) is 3.39. The molecule has 2 heterocycles. The number of benzene rings is 1. The van der Waals surface area contributed by atoms with Crippen molar-refractivity contribution in [3.8, 4) is 5.75 Å². The quantitative estimate of drug-likeness (QED) is 0.922. The lowest BCUT2D eigenvalue weighted by Gasteiger charge is -2.32. The van der Waals surface area contributed by atoms with Crippen LogP contribution in [0.3, 0.4) is 0 Å². The molecule has 108 valence electrons. The predicted octanol–water partition coefficient (Wildman–Crippen LogP) is 1.55. The standard InChI is InChI=1S/C15H22N4O/c1-11(19-8-6-16-7-9-19)15-17-13-10-12(20-3)4-5-14(13)18(15)2/h4-5,10-11,16H,6-9H2,1-3H3. The molecule has 1 atom stereocenters. The van der Waals surface area contributed by atoms with Gasteiger partial charge in [0.15, 0.2) is 0 Å². The van der Waals surface area contributed by atoms with Gasteiger partial charge in [-0.3, -0.25) is 4.90 Å². The van der Waals surface area contributed by atoms with Gasteiger partial charge in [-0.1, -0.05) is 0 Å². The zero-order valence-electron chi connectivity index (χ0n) is 12.4. The fourth-order valence-corrected chi connectivity index (χ4v) is 2.93. The molecule has 5 heteroatoms. The van der Waals surface area contributed by atoms with Gasteiger partial charge in [-0.05, 0) is 19.1 Å². The average molecular weight is 274 g/mol. The number of methoxy groups -OCH3 is 1. The van der Waals surface area contributed by atoms with Crippen molar-refractivity contribution in [2.24, 2.45) is 7.05 Å². The monoisotopic (exact) mass is 274 g/mol. The van der Waals surface area contributed by atoms with Crippen LogP contribution in [0.5, 0.6) is 5.75 Å². The van der Waals surface area contributed by atoms with E-state index in [-0.39, 0.29) is 0 Å². The maximum Gasteiger partial charge on any atom is 0.126 e. The minimum absolute atomic E-state index is 0.334. The van der Waals surface area contributed by atoms with Crippen molar-refractivity contribution < 1.29 is 4.74 Å². The Labute approximate surface area is 119 Å². The largest absolute Gasteiger partial charge is 0.497 e. The summed E-state index contributed by atoms with van der Waals surface area (Å²) in [5.74, 6) is 1.98. The molecule has 20 heavy (non-hydrogen) atoms. The maximum atomic E-state index is 5.28. The number of aromatic nitrogens is 2. The molecule has 0 amide bonds. The molecule has 3 rings (SSSR count). The number of hydrogen-bond acceptors (Lipinski definition) is 4. The van der Waals surface area contributed by atoms with E-state index in [0.717, 1.165) is 48.8 Å². The number of nitrogens with one attached hydrogen (secondary N) is 1. The fraction of sp³-hybridized carbons (Fsp3) is 0.533. The molecule has 1 aliphatic rings. The van der Waals surface area contributed by atoms with Crippen LogP contribution in [0.2, 0.25) is 0 Å². The van der Waals surface area contributed by atoms with Gasteiger partial charge in [-0.25, -0.2) is 4.98 Å². The summed E-state index contributed by atoms with van der Waals surface area (Å²) >= 11 is 0. The third kappa shape index (κ3) is 2.27. The molecule has 1 aromatic heterocycles. The van der Waals surface area contributed by atoms with Gasteiger partial charge in [0.1, 0.15) is 11.6 Å². The van der Waals surface area contributed by atoms with E-state index in [1.165, 1.54) is 0 Å². The van der Waals surface area contributed by atoms with Gasteiger partial charge in [0.2, 0.25) is 0 Å². The van der Waals surface area contributed by atoms with Gasteiger partial charge in [0, 0.05) is 39.3 Å². The number of piperazine rings is 1. The van der Waals surface area contributed by atoms with Crippen LogP contribution < -0.4 is 10.1 Å². The molecule has 0 radical (unpaired) electrons. The Morgan fingerprint density at radius 3 is 2.75 bits per heavy atom. The Bertz CT molecular complexity index is 601. The van der Waals surface area contributed by atoms with E-state index in [2.05, 4.69) is 34.8 Å². The number of fused-ring (bicyclic) bond motifs is 1. The van der Waals surface area contributed by atoms with E-state index in [4.69, 9.17) is 9.72 Å². The maximum absolute atomic E-state index is 5.28. The minimum Gasteiger partial charge on any atom is -0.497 e. The van der Waals surface area contributed by atoms with Crippen LogP contribution in [0.15, 0.2) is 18.2 Å². The highest BCUT2D eigenvalue weighted by atomic mass is 16.5. The van der Waals surface area contributed by atoms with Crippen molar-refractivity contribution in [1.29, 1.82) is 0 Å². The van der Waals surface area contributed by atoms with E-state index < -0.39 is 0 Å². The summed E-state index contributed by atoms with van der Waals surface area (Å²) in [6.07, 6.45) is 0. The second-order valence-corrected chi connectivity index (χ2v) is 5.35. The number of ether oxygens (including phenoxy) is 1. The van der Waals surface area contributed by atoms with Crippen molar-refractivity contribution in [2.45, 2.75) is 13.0 Å². The number of nitrogens with zero attached hydrogens (tertiary/aromatic N) is 3. The number of hydrogen-bond donors (Lipinski definition) is 1. The van der Waals surface area contributed by atoms with Crippen molar-refractivity contribution >= 4 is 11.0 Å². The summed E-state index contributed by atoms with van der Waals surface area (Å²) in [7, 11) is 3.78. The van der Waals surface area contributed by atoms with E-state index in [0.29, 0.717) is 6.04 Å². The molecule has 1 N–H and O–H groups in total. The first-order valence-electron chi connectivity index (χ1n) is 7.16. The zero-order valence-corrected chi connectivity index (χ0v) is 12.4. The van der Waals surface area contributed by atoms with Crippen LogP contribution in [0.4, 0.5) is 0 Å².